The van der Waals surface area contributed by atoms with Crippen molar-refractivity contribution in [2.45, 2.75) is 4.90 Å². The molecule has 1 rings (SSSR count). The van der Waals surface area contributed by atoms with Crippen LogP contribution in [0.5, 0.6) is 0 Å². The number of non-ortho nitro benzene ring substituents is 1. The lowest BCUT2D eigenvalue weighted by molar-refractivity contribution is -0.396. The van der Waals surface area contributed by atoms with Crippen molar-refractivity contribution in [1.29, 1.82) is 0 Å². The van der Waals surface area contributed by atoms with Crippen molar-refractivity contribution < 1.29 is 22.8 Å². The zero-order chi connectivity index (χ0) is 12.5. The van der Waals surface area contributed by atoms with Crippen molar-refractivity contribution in [1.82, 2.24) is 0 Å². The molecule has 16 heavy (non-hydrogen) atoms. The van der Waals surface area contributed by atoms with Crippen molar-refractivity contribution in [2.24, 2.45) is 0 Å². The van der Waals surface area contributed by atoms with E-state index < -0.39 is 36.2 Å². The lowest BCUT2D eigenvalue weighted by Crippen LogP contribution is -2.02. The second-order valence-corrected chi connectivity index (χ2v) is 3.97. The van der Waals surface area contributed by atoms with Gasteiger partial charge in [-0.25, -0.2) is 0 Å². The highest BCUT2D eigenvalue weighted by Crippen LogP contribution is 2.28. The lowest BCUT2D eigenvalue weighted by atomic mass is 10.3. The molecule has 10 heteroatoms. The molecule has 9 nitrogen and oxygen atoms in total. The number of benzene rings is 1. The highest BCUT2D eigenvalue weighted by Gasteiger charge is 2.27. The fourth-order valence-electron chi connectivity index (χ4n) is 0.973. The third kappa shape index (κ3) is 2.29. The standard InChI is InChI=1S/C6H3N2O7S/c9-7(10)4-1-2-6(16(13,14)15)5(3-4)8(11)12/h1-3H. The van der Waals surface area contributed by atoms with E-state index in [0.29, 0.717) is 18.2 Å². The number of rotatable bonds is 3. The first-order valence-electron chi connectivity index (χ1n) is 3.62. The van der Waals surface area contributed by atoms with Gasteiger partial charge in [0.1, 0.15) is 0 Å². The van der Waals surface area contributed by atoms with Crippen LogP contribution in [0.3, 0.4) is 0 Å². The van der Waals surface area contributed by atoms with Crippen LogP contribution in [0.2, 0.25) is 0 Å². The molecule has 0 saturated carbocycles. The van der Waals surface area contributed by atoms with Gasteiger partial charge in [0, 0.05) is 6.07 Å². The Morgan fingerprint density at radius 1 is 1.06 bits per heavy atom. The molecule has 0 heterocycles. The molecule has 1 radical (unpaired) electrons. The summed E-state index contributed by atoms with van der Waals surface area (Å²) in [5.41, 5.74) is -1.77. The summed E-state index contributed by atoms with van der Waals surface area (Å²) in [5, 5.41) is 20.7. The quantitative estimate of drug-likeness (QED) is 0.566. The predicted octanol–water partition coefficient (Wildman–Crippen LogP) is 0.622. The van der Waals surface area contributed by atoms with Gasteiger partial charge in [-0.3, -0.25) is 20.2 Å². The van der Waals surface area contributed by atoms with Gasteiger partial charge in [-0.15, -0.1) is 0 Å². The van der Waals surface area contributed by atoms with Crippen molar-refractivity contribution in [3.63, 3.8) is 0 Å². The van der Waals surface area contributed by atoms with Gasteiger partial charge >= 0.3 is 10.1 Å². The van der Waals surface area contributed by atoms with E-state index >= 15 is 0 Å². The number of nitro groups is 2. The Balaban J connectivity index is 3.55. The fraction of sp³-hybridized carbons (Fsp3) is 0. The Kier molecular flexibility index (Phi) is 2.87. The highest BCUT2D eigenvalue weighted by molar-refractivity contribution is 7.85. The molecule has 1 aromatic carbocycles. The number of nitro benzene ring substituents is 2. The molecule has 0 fully saturated rings. The van der Waals surface area contributed by atoms with Gasteiger partial charge in [0.2, 0.25) is 0 Å². The van der Waals surface area contributed by atoms with Crippen LogP contribution in [0.4, 0.5) is 11.4 Å². The molecule has 0 atom stereocenters. The highest BCUT2D eigenvalue weighted by atomic mass is 32.2. The van der Waals surface area contributed by atoms with E-state index in [4.69, 9.17) is 0 Å². The second kappa shape index (κ2) is 3.83. The summed E-state index contributed by atoms with van der Waals surface area (Å²) in [5.74, 6) is 0. The van der Waals surface area contributed by atoms with Gasteiger partial charge in [-0.05, 0) is 6.07 Å². The number of hydrogen-bond acceptors (Lipinski definition) is 6. The Labute approximate surface area is 88.4 Å². The monoisotopic (exact) mass is 247 g/mol. The molecule has 0 bridgehead atoms. The number of nitrogens with zero attached hydrogens (tertiary/aromatic N) is 2. The lowest BCUT2D eigenvalue weighted by Gasteiger charge is -1.97. The average molecular weight is 247 g/mol. The summed E-state index contributed by atoms with van der Waals surface area (Å²) in [7, 11) is -5.04. The Morgan fingerprint density at radius 2 is 1.62 bits per heavy atom. The minimum Gasteiger partial charge on any atom is -0.258 e. The first-order valence-corrected chi connectivity index (χ1v) is 5.03. The maximum atomic E-state index is 10.6. The Bertz CT molecular complexity index is 564. The Morgan fingerprint density at radius 3 is 2.00 bits per heavy atom. The smallest absolute Gasteiger partial charge is 0.258 e. The molecule has 0 aromatic heterocycles. The van der Waals surface area contributed by atoms with Crippen molar-refractivity contribution in [3.05, 3.63) is 38.4 Å². The van der Waals surface area contributed by atoms with E-state index in [9.17, 15) is 33.2 Å². The van der Waals surface area contributed by atoms with E-state index in [1.54, 1.807) is 0 Å². The molecular formula is C6H3N2O7S. The maximum Gasteiger partial charge on any atom is 0.331 e. The molecule has 0 aliphatic heterocycles. The molecule has 85 valence electrons. The second-order valence-electron chi connectivity index (χ2n) is 2.62. The van der Waals surface area contributed by atoms with E-state index in [0.717, 1.165) is 0 Å². The molecule has 0 saturated heterocycles. The van der Waals surface area contributed by atoms with Gasteiger partial charge in [-0.1, -0.05) is 4.55 Å². The van der Waals surface area contributed by atoms with Crippen LogP contribution in [0.1, 0.15) is 0 Å². The van der Waals surface area contributed by atoms with Crippen molar-refractivity contribution >= 4 is 21.5 Å². The molecule has 0 aliphatic rings. The fourth-order valence-corrected chi connectivity index (χ4v) is 1.60. The predicted molar refractivity (Wildman–Crippen MR) is 47.6 cm³/mol. The van der Waals surface area contributed by atoms with Gasteiger partial charge in [0.15, 0.2) is 4.90 Å². The molecular weight excluding hydrogens is 244 g/mol. The summed E-state index contributed by atoms with van der Waals surface area (Å²) in [6.07, 6.45) is 0. The molecule has 0 spiro atoms. The van der Waals surface area contributed by atoms with Crippen LogP contribution < -0.4 is 0 Å². The molecule has 0 unspecified atom stereocenters. The summed E-state index contributed by atoms with van der Waals surface area (Å²) < 4.78 is 31.8. The third-order valence-corrected chi connectivity index (χ3v) is 2.50. The van der Waals surface area contributed by atoms with Crippen LogP contribution >= 0.6 is 0 Å². The van der Waals surface area contributed by atoms with Crippen molar-refractivity contribution in [2.75, 3.05) is 0 Å². The minimum absolute atomic E-state index is 0.421. The van der Waals surface area contributed by atoms with E-state index in [1.807, 2.05) is 0 Å². The first kappa shape index (κ1) is 12.0. The zero-order valence-corrected chi connectivity index (χ0v) is 8.21. The SMILES string of the molecule is [O]S(=O)(=O)c1ccc([N+](=O)[O-])cc1[N+](=O)[O-]. The van der Waals surface area contributed by atoms with Crippen LogP contribution in [0.25, 0.3) is 0 Å². The summed E-state index contributed by atoms with van der Waals surface area (Å²) >= 11 is 0. The van der Waals surface area contributed by atoms with Crippen LogP contribution in [-0.4, -0.2) is 18.3 Å². The van der Waals surface area contributed by atoms with E-state index in [-0.39, 0.29) is 0 Å². The minimum atomic E-state index is -5.04. The van der Waals surface area contributed by atoms with Gasteiger partial charge < -0.3 is 0 Å². The summed E-state index contributed by atoms with van der Waals surface area (Å²) in [4.78, 5) is 17.5. The Hall–Kier alpha value is -2.07. The van der Waals surface area contributed by atoms with Crippen LogP contribution in [0.15, 0.2) is 23.1 Å². The maximum absolute atomic E-state index is 10.6. The van der Waals surface area contributed by atoms with Gasteiger partial charge in [0.05, 0.1) is 15.9 Å². The summed E-state index contributed by atoms with van der Waals surface area (Å²) in [6.45, 7) is 0. The average Bonchev–Trinajstić information content (AvgIpc) is 2.15. The first-order chi connectivity index (χ1) is 7.23. The van der Waals surface area contributed by atoms with Crippen molar-refractivity contribution in [3.8, 4) is 0 Å². The van der Waals surface area contributed by atoms with Crippen LogP contribution in [0, 0.1) is 20.2 Å². The largest absolute Gasteiger partial charge is 0.331 e. The van der Waals surface area contributed by atoms with E-state index in [1.165, 1.54) is 0 Å². The summed E-state index contributed by atoms with van der Waals surface area (Å²) in [6, 6.07) is 1.67. The molecule has 0 aliphatic carbocycles. The number of hydrogen-bond donors (Lipinski definition) is 0. The molecule has 0 amide bonds. The van der Waals surface area contributed by atoms with Gasteiger partial charge in [-0.2, -0.15) is 8.42 Å². The van der Waals surface area contributed by atoms with Gasteiger partial charge in [0.25, 0.3) is 11.4 Å². The molecule has 1 aromatic rings. The normalized spacial score (nSPS) is 11.1. The molecule has 0 N–H and O–H groups in total. The van der Waals surface area contributed by atoms with E-state index in [2.05, 4.69) is 0 Å². The topological polar surface area (TPSA) is 140 Å². The third-order valence-electron chi connectivity index (χ3n) is 1.62. The zero-order valence-electron chi connectivity index (χ0n) is 7.39. The van der Waals surface area contributed by atoms with Crippen LogP contribution in [-0.2, 0) is 14.7 Å².